The molecule has 5 nitrogen and oxygen atoms in total. The van der Waals surface area contributed by atoms with Gasteiger partial charge < -0.3 is 14.2 Å². The van der Waals surface area contributed by atoms with Crippen LogP contribution in [-0.4, -0.2) is 36.1 Å². The predicted octanol–water partition coefficient (Wildman–Crippen LogP) is 5.11. The van der Waals surface area contributed by atoms with Gasteiger partial charge in [-0.3, -0.25) is 4.79 Å². The smallest absolute Gasteiger partial charge is 0.223 e. The van der Waals surface area contributed by atoms with E-state index in [0.29, 0.717) is 25.9 Å². The molecule has 2 aromatic heterocycles. The number of pyridine rings is 1. The standard InChI is InChI=1S/C23H27N3O2S/c1-5-6-9-22(27)26(16-19-8-7-12-28-19)15-18-13-17-10-11-20(29-4)14-21(17)24-23(18)25(2)3/h5,7-8,10-14H,1,6,9,15-16H2,2-4H3. The molecule has 0 radical (unpaired) electrons. The van der Waals surface area contributed by atoms with Crippen LogP contribution in [0.15, 0.2) is 64.6 Å². The summed E-state index contributed by atoms with van der Waals surface area (Å²) >= 11 is 1.70. The van der Waals surface area contributed by atoms with Gasteiger partial charge in [-0.25, -0.2) is 4.98 Å². The topological polar surface area (TPSA) is 49.6 Å². The van der Waals surface area contributed by atoms with Gasteiger partial charge in [0.1, 0.15) is 11.6 Å². The van der Waals surface area contributed by atoms with Crippen LogP contribution in [-0.2, 0) is 17.9 Å². The van der Waals surface area contributed by atoms with Crippen LogP contribution in [0.25, 0.3) is 10.9 Å². The zero-order valence-electron chi connectivity index (χ0n) is 17.2. The van der Waals surface area contributed by atoms with E-state index in [9.17, 15) is 4.79 Å². The Kier molecular flexibility index (Phi) is 6.99. The minimum Gasteiger partial charge on any atom is -0.467 e. The Balaban J connectivity index is 1.97. The Morgan fingerprint density at radius 3 is 2.72 bits per heavy atom. The molecule has 3 aromatic rings. The molecule has 2 heterocycles. The third kappa shape index (κ3) is 5.21. The van der Waals surface area contributed by atoms with E-state index < -0.39 is 0 Å². The van der Waals surface area contributed by atoms with Crippen molar-refractivity contribution in [1.29, 1.82) is 0 Å². The van der Waals surface area contributed by atoms with Crippen molar-refractivity contribution in [3.63, 3.8) is 0 Å². The van der Waals surface area contributed by atoms with Crippen molar-refractivity contribution in [3.8, 4) is 0 Å². The van der Waals surface area contributed by atoms with Crippen molar-refractivity contribution in [1.82, 2.24) is 9.88 Å². The van der Waals surface area contributed by atoms with Crippen molar-refractivity contribution in [2.75, 3.05) is 25.3 Å². The van der Waals surface area contributed by atoms with Crippen molar-refractivity contribution < 1.29 is 9.21 Å². The van der Waals surface area contributed by atoms with Crippen molar-refractivity contribution in [2.45, 2.75) is 30.8 Å². The van der Waals surface area contributed by atoms with Gasteiger partial charge in [-0.05, 0) is 43.0 Å². The molecular formula is C23H27N3O2S. The molecule has 0 saturated carbocycles. The second-order valence-electron chi connectivity index (χ2n) is 7.08. The number of amides is 1. The maximum Gasteiger partial charge on any atom is 0.223 e. The molecule has 0 aliphatic heterocycles. The summed E-state index contributed by atoms with van der Waals surface area (Å²) < 4.78 is 5.49. The summed E-state index contributed by atoms with van der Waals surface area (Å²) in [7, 11) is 3.96. The average molecular weight is 410 g/mol. The fourth-order valence-electron chi connectivity index (χ4n) is 3.22. The summed E-state index contributed by atoms with van der Waals surface area (Å²) in [6, 6.07) is 12.2. The molecule has 0 saturated heterocycles. The highest BCUT2D eigenvalue weighted by molar-refractivity contribution is 7.98. The van der Waals surface area contributed by atoms with Crippen molar-refractivity contribution >= 4 is 34.4 Å². The number of hydrogen-bond donors (Lipinski definition) is 0. The van der Waals surface area contributed by atoms with E-state index in [1.165, 1.54) is 4.90 Å². The van der Waals surface area contributed by atoms with E-state index in [-0.39, 0.29) is 5.91 Å². The van der Waals surface area contributed by atoms with Gasteiger partial charge >= 0.3 is 0 Å². The Morgan fingerprint density at radius 1 is 1.24 bits per heavy atom. The first kappa shape index (κ1) is 21.0. The molecule has 0 N–H and O–H groups in total. The van der Waals surface area contributed by atoms with Crippen LogP contribution in [0.5, 0.6) is 0 Å². The van der Waals surface area contributed by atoms with Crippen LogP contribution < -0.4 is 4.90 Å². The van der Waals surface area contributed by atoms with E-state index in [2.05, 4.69) is 37.1 Å². The van der Waals surface area contributed by atoms with Crippen molar-refractivity contribution in [2.24, 2.45) is 0 Å². The van der Waals surface area contributed by atoms with Gasteiger partial charge in [0, 0.05) is 42.9 Å². The fourth-order valence-corrected chi connectivity index (χ4v) is 3.66. The minimum atomic E-state index is 0.0730. The van der Waals surface area contributed by atoms with Crippen LogP contribution >= 0.6 is 11.8 Å². The van der Waals surface area contributed by atoms with Gasteiger partial charge in [-0.15, -0.1) is 18.3 Å². The van der Waals surface area contributed by atoms with E-state index in [1.807, 2.05) is 36.0 Å². The van der Waals surface area contributed by atoms with Gasteiger partial charge in [-0.1, -0.05) is 12.1 Å². The van der Waals surface area contributed by atoms with Gasteiger partial charge in [0.2, 0.25) is 5.91 Å². The molecule has 29 heavy (non-hydrogen) atoms. The first-order valence-electron chi connectivity index (χ1n) is 9.58. The molecule has 1 aromatic carbocycles. The molecule has 6 heteroatoms. The van der Waals surface area contributed by atoms with E-state index >= 15 is 0 Å². The number of nitrogens with zero attached hydrogens (tertiary/aromatic N) is 3. The Morgan fingerprint density at radius 2 is 2.07 bits per heavy atom. The third-order valence-electron chi connectivity index (χ3n) is 4.71. The number of carbonyl (C=O) groups is 1. The number of fused-ring (bicyclic) bond motifs is 1. The Bertz CT molecular complexity index is 983. The SMILES string of the molecule is C=CCCC(=O)N(Cc1ccco1)Cc1cc2ccc(SC)cc2nc1N(C)C. The summed E-state index contributed by atoms with van der Waals surface area (Å²) in [5.41, 5.74) is 1.97. The summed E-state index contributed by atoms with van der Waals surface area (Å²) in [5.74, 6) is 1.71. The number of aromatic nitrogens is 1. The highest BCUT2D eigenvalue weighted by Crippen LogP contribution is 2.27. The van der Waals surface area contributed by atoms with Crippen LogP contribution in [0.3, 0.4) is 0 Å². The number of anilines is 1. The molecular weight excluding hydrogens is 382 g/mol. The monoisotopic (exact) mass is 409 g/mol. The molecule has 0 unspecified atom stereocenters. The van der Waals surface area contributed by atoms with Crippen molar-refractivity contribution in [3.05, 3.63) is 66.6 Å². The van der Waals surface area contributed by atoms with E-state index in [0.717, 1.165) is 28.0 Å². The lowest BCUT2D eigenvalue weighted by Gasteiger charge is -2.25. The maximum absolute atomic E-state index is 12.9. The molecule has 3 rings (SSSR count). The van der Waals surface area contributed by atoms with Crippen LogP contribution in [0.1, 0.15) is 24.2 Å². The number of furan rings is 1. The molecule has 0 spiro atoms. The highest BCUT2D eigenvalue weighted by Gasteiger charge is 2.19. The fraction of sp³-hybridized carbons (Fsp3) is 0.304. The molecule has 1 amide bonds. The van der Waals surface area contributed by atoms with Crippen LogP contribution in [0.2, 0.25) is 0 Å². The van der Waals surface area contributed by atoms with Crippen LogP contribution in [0.4, 0.5) is 5.82 Å². The molecule has 0 fully saturated rings. The van der Waals surface area contributed by atoms with Gasteiger partial charge in [0.15, 0.2) is 0 Å². The summed E-state index contributed by atoms with van der Waals surface area (Å²) in [4.78, 5) is 22.8. The molecule has 152 valence electrons. The zero-order valence-corrected chi connectivity index (χ0v) is 18.0. The number of hydrogen-bond acceptors (Lipinski definition) is 5. The van der Waals surface area contributed by atoms with Gasteiger partial charge in [-0.2, -0.15) is 0 Å². The minimum absolute atomic E-state index is 0.0730. The van der Waals surface area contributed by atoms with Gasteiger partial charge in [0.05, 0.1) is 18.3 Å². The second-order valence-corrected chi connectivity index (χ2v) is 7.96. The molecule has 0 atom stereocenters. The van der Waals surface area contributed by atoms with Gasteiger partial charge in [0.25, 0.3) is 0 Å². The maximum atomic E-state index is 12.9. The summed E-state index contributed by atoms with van der Waals surface area (Å²) in [6.07, 6.45) is 6.55. The average Bonchev–Trinajstić information content (AvgIpc) is 3.23. The first-order valence-corrected chi connectivity index (χ1v) is 10.8. The predicted molar refractivity (Wildman–Crippen MR) is 120 cm³/mol. The Labute approximate surface area is 176 Å². The summed E-state index contributed by atoms with van der Waals surface area (Å²) in [5, 5.41) is 1.07. The summed E-state index contributed by atoms with van der Waals surface area (Å²) in [6.45, 7) is 4.63. The lowest BCUT2D eigenvalue weighted by atomic mass is 10.1. The molecule has 0 bridgehead atoms. The first-order chi connectivity index (χ1) is 14.0. The third-order valence-corrected chi connectivity index (χ3v) is 5.43. The number of allylic oxidation sites excluding steroid dienone is 1. The number of carbonyl (C=O) groups excluding carboxylic acids is 1. The van der Waals surface area contributed by atoms with E-state index in [1.54, 1.807) is 24.1 Å². The number of thioether (sulfide) groups is 1. The second kappa shape index (κ2) is 9.65. The normalized spacial score (nSPS) is 10.9. The Hall–Kier alpha value is -2.73. The lowest BCUT2D eigenvalue weighted by molar-refractivity contribution is -0.132. The number of rotatable bonds is 9. The van der Waals surface area contributed by atoms with Crippen LogP contribution in [0, 0.1) is 0 Å². The van der Waals surface area contributed by atoms with E-state index in [4.69, 9.17) is 9.40 Å². The number of benzene rings is 1. The highest BCUT2D eigenvalue weighted by atomic mass is 32.2. The lowest BCUT2D eigenvalue weighted by Crippen LogP contribution is -2.30. The largest absolute Gasteiger partial charge is 0.467 e. The molecule has 0 aliphatic rings. The zero-order chi connectivity index (χ0) is 20.8. The molecule has 0 aliphatic carbocycles. The quantitative estimate of drug-likeness (QED) is 0.363.